The Bertz CT molecular complexity index is 737. The number of carbonyl (C=O) groups is 1. The van der Waals surface area contributed by atoms with Crippen molar-refractivity contribution in [2.75, 3.05) is 45.7 Å². The van der Waals surface area contributed by atoms with Gasteiger partial charge in [-0.3, -0.25) is 9.69 Å². The van der Waals surface area contributed by atoms with Crippen LogP contribution in [-0.4, -0.2) is 60.3 Å². The first kappa shape index (κ1) is 16.5. The minimum absolute atomic E-state index is 0.359. The molecule has 24 heavy (non-hydrogen) atoms. The van der Waals surface area contributed by atoms with Crippen molar-refractivity contribution >= 4 is 22.9 Å². The molecule has 130 valence electrons. The summed E-state index contributed by atoms with van der Waals surface area (Å²) < 4.78 is 12.7. The van der Waals surface area contributed by atoms with E-state index in [2.05, 4.69) is 9.88 Å². The van der Waals surface area contributed by atoms with Crippen LogP contribution in [0.1, 0.15) is 16.8 Å². The summed E-state index contributed by atoms with van der Waals surface area (Å²) in [5.41, 5.74) is 13.2. The van der Waals surface area contributed by atoms with Crippen LogP contribution < -0.4 is 16.2 Å². The van der Waals surface area contributed by atoms with Crippen molar-refractivity contribution in [3.63, 3.8) is 0 Å². The Balaban J connectivity index is 1.81. The third-order valence-electron chi connectivity index (χ3n) is 4.30. The van der Waals surface area contributed by atoms with Crippen LogP contribution >= 0.6 is 0 Å². The average Bonchev–Trinajstić information content (AvgIpc) is 2.90. The van der Waals surface area contributed by atoms with Gasteiger partial charge in [0.25, 0.3) is 0 Å². The number of nitrogen functional groups attached to an aromatic ring is 1. The number of imidazole rings is 1. The van der Waals surface area contributed by atoms with Gasteiger partial charge < -0.3 is 25.5 Å². The molecule has 4 N–H and O–H groups in total. The number of benzene rings is 1. The maximum absolute atomic E-state index is 11.4. The van der Waals surface area contributed by atoms with Crippen molar-refractivity contribution in [3.8, 4) is 5.75 Å². The zero-order valence-electron chi connectivity index (χ0n) is 13.8. The summed E-state index contributed by atoms with van der Waals surface area (Å²) in [5, 5.41) is 0. The molecule has 0 bridgehead atoms. The van der Waals surface area contributed by atoms with Gasteiger partial charge >= 0.3 is 0 Å². The van der Waals surface area contributed by atoms with E-state index < -0.39 is 5.91 Å². The average molecular weight is 333 g/mol. The van der Waals surface area contributed by atoms with Gasteiger partial charge in [0.05, 0.1) is 25.8 Å². The Morgan fingerprint density at radius 2 is 2.08 bits per heavy atom. The number of hydrogen-bond donors (Lipinski definition) is 2. The number of hydrogen-bond acceptors (Lipinski definition) is 6. The van der Waals surface area contributed by atoms with Crippen LogP contribution in [-0.2, 0) is 11.3 Å². The molecule has 1 aromatic heterocycles. The number of nitrogens with two attached hydrogens (primary N) is 2. The lowest BCUT2D eigenvalue weighted by molar-refractivity contribution is 0.0370. The summed E-state index contributed by atoms with van der Waals surface area (Å²) in [6, 6.07) is 3.28. The van der Waals surface area contributed by atoms with E-state index in [0.717, 1.165) is 51.3 Å². The highest BCUT2D eigenvalue weighted by Gasteiger charge is 2.17. The van der Waals surface area contributed by atoms with Crippen LogP contribution in [0.3, 0.4) is 0 Å². The molecule has 0 spiro atoms. The van der Waals surface area contributed by atoms with Gasteiger partial charge in [-0.2, -0.15) is 0 Å². The minimum atomic E-state index is -0.518. The van der Waals surface area contributed by atoms with Crippen LogP contribution in [0.4, 0.5) is 5.95 Å². The largest absolute Gasteiger partial charge is 0.494 e. The van der Waals surface area contributed by atoms with Crippen molar-refractivity contribution in [2.24, 2.45) is 5.73 Å². The molecule has 0 radical (unpaired) electrons. The van der Waals surface area contributed by atoms with E-state index in [0.29, 0.717) is 22.8 Å². The van der Waals surface area contributed by atoms with Gasteiger partial charge in [0.1, 0.15) is 11.3 Å². The van der Waals surface area contributed by atoms with E-state index in [4.69, 9.17) is 20.9 Å². The fraction of sp³-hybridized carbons (Fsp3) is 0.500. The Morgan fingerprint density at radius 3 is 2.75 bits per heavy atom. The molecule has 8 heteroatoms. The predicted octanol–water partition coefficient (Wildman–Crippen LogP) is 0.448. The molecule has 3 rings (SSSR count). The Labute approximate surface area is 140 Å². The van der Waals surface area contributed by atoms with Crippen LogP contribution in [0.25, 0.3) is 11.0 Å². The fourth-order valence-corrected chi connectivity index (χ4v) is 3.05. The van der Waals surface area contributed by atoms with Crippen LogP contribution in [0, 0.1) is 0 Å². The molecule has 8 nitrogen and oxygen atoms in total. The fourth-order valence-electron chi connectivity index (χ4n) is 3.05. The van der Waals surface area contributed by atoms with Gasteiger partial charge in [0.15, 0.2) is 0 Å². The molecule has 2 heterocycles. The monoisotopic (exact) mass is 333 g/mol. The van der Waals surface area contributed by atoms with Gasteiger partial charge in [-0.15, -0.1) is 0 Å². The number of fused-ring (bicyclic) bond motifs is 1. The van der Waals surface area contributed by atoms with Crippen molar-refractivity contribution in [2.45, 2.75) is 13.0 Å². The summed E-state index contributed by atoms with van der Waals surface area (Å²) in [6.07, 6.45) is 0.941. The van der Waals surface area contributed by atoms with Crippen molar-refractivity contribution in [1.29, 1.82) is 0 Å². The minimum Gasteiger partial charge on any atom is -0.494 e. The van der Waals surface area contributed by atoms with Gasteiger partial charge in [0, 0.05) is 31.7 Å². The first-order valence-corrected chi connectivity index (χ1v) is 8.04. The molecule has 0 atom stereocenters. The SMILES string of the molecule is COc1cc(C(N)=O)cc2nc(N)n(CCCN3CCOCC3)c12. The third kappa shape index (κ3) is 3.29. The topological polar surface area (TPSA) is 109 Å². The van der Waals surface area contributed by atoms with Crippen LogP contribution in [0.15, 0.2) is 12.1 Å². The molecule has 0 unspecified atom stereocenters. The van der Waals surface area contributed by atoms with Crippen molar-refractivity contribution < 1.29 is 14.3 Å². The Hall–Kier alpha value is -2.32. The number of morpholine rings is 1. The summed E-state index contributed by atoms with van der Waals surface area (Å²) in [6.45, 7) is 5.22. The highest BCUT2D eigenvalue weighted by molar-refractivity contribution is 5.98. The lowest BCUT2D eigenvalue weighted by Crippen LogP contribution is -2.37. The van der Waals surface area contributed by atoms with E-state index in [-0.39, 0.29) is 0 Å². The van der Waals surface area contributed by atoms with Crippen molar-refractivity contribution in [1.82, 2.24) is 14.5 Å². The molecule has 1 saturated heterocycles. The molecule has 1 aliphatic rings. The van der Waals surface area contributed by atoms with Gasteiger partial charge in [0.2, 0.25) is 11.9 Å². The van der Waals surface area contributed by atoms with E-state index in [1.807, 2.05) is 4.57 Å². The first-order valence-electron chi connectivity index (χ1n) is 8.04. The smallest absolute Gasteiger partial charge is 0.248 e. The number of anilines is 1. The van der Waals surface area contributed by atoms with E-state index >= 15 is 0 Å². The second kappa shape index (κ2) is 7.06. The van der Waals surface area contributed by atoms with Gasteiger partial charge in [-0.1, -0.05) is 0 Å². The van der Waals surface area contributed by atoms with Crippen molar-refractivity contribution in [3.05, 3.63) is 17.7 Å². The number of rotatable bonds is 6. The number of methoxy groups -OCH3 is 1. The molecule has 0 saturated carbocycles. The molecule has 1 fully saturated rings. The highest BCUT2D eigenvalue weighted by atomic mass is 16.5. The molecule has 0 aliphatic carbocycles. The second-order valence-electron chi connectivity index (χ2n) is 5.84. The maximum atomic E-state index is 11.4. The third-order valence-corrected chi connectivity index (χ3v) is 4.30. The number of carbonyl (C=O) groups excluding carboxylic acids is 1. The number of amides is 1. The zero-order chi connectivity index (χ0) is 17.1. The standard InChI is InChI=1S/C16H23N5O3/c1-23-13-10-11(15(17)22)9-12-14(13)21(16(18)19-12)4-2-3-20-5-7-24-8-6-20/h9-10H,2-8H2,1H3,(H2,17,22)(H2,18,19). The Morgan fingerprint density at radius 1 is 1.33 bits per heavy atom. The predicted molar refractivity (Wildman–Crippen MR) is 91.1 cm³/mol. The lowest BCUT2D eigenvalue weighted by atomic mass is 10.1. The number of aryl methyl sites for hydroxylation is 1. The van der Waals surface area contributed by atoms with Gasteiger partial charge in [-0.25, -0.2) is 4.98 Å². The number of ether oxygens (including phenoxy) is 2. The quantitative estimate of drug-likeness (QED) is 0.794. The lowest BCUT2D eigenvalue weighted by Gasteiger charge is -2.26. The number of primary amides is 1. The summed E-state index contributed by atoms with van der Waals surface area (Å²) in [4.78, 5) is 18.2. The number of nitrogens with zero attached hydrogens (tertiary/aromatic N) is 3. The molecule has 1 aliphatic heterocycles. The van der Waals surface area contributed by atoms with E-state index in [1.165, 1.54) is 0 Å². The van der Waals surface area contributed by atoms with Crippen LogP contribution in [0.5, 0.6) is 5.75 Å². The van der Waals surface area contributed by atoms with Gasteiger partial charge in [-0.05, 0) is 18.6 Å². The highest BCUT2D eigenvalue weighted by Crippen LogP contribution is 2.29. The molecular formula is C16H23N5O3. The molecule has 1 amide bonds. The molecule has 1 aromatic carbocycles. The molecule has 2 aromatic rings. The van der Waals surface area contributed by atoms with E-state index in [1.54, 1.807) is 19.2 Å². The first-order chi connectivity index (χ1) is 11.6. The van der Waals surface area contributed by atoms with Crippen LogP contribution in [0.2, 0.25) is 0 Å². The maximum Gasteiger partial charge on any atom is 0.248 e. The molecular weight excluding hydrogens is 310 g/mol. The summed E-state index contributed by atoms with van der Waals surface area (Å²) in [5.74, 6) is 0.444. The Kier molecular flexibility index (Phi) is 4.86. The zero-order valence-corrected chi connectivity index (χ0v) is 13.8. The summed E-state index contributed by atoms with van der Waals surface area (Å²) in [7, 11) is 1.56. The van der Waals surface area contributed by atoms with E-state index in [9.17, 15) is 4.79 Å². The second-order valence-corrected chi connectivity index (χ2v) is 5.84. The summed E-state index contributed by atoms with van der Waals surface area (Å²) >= 11 is 0. The normalized spacial score (nSPS) is 15.7. The number of aromatic nitrogens is 2.